The lowest BCUT2D eigenvalue weighted by Gasteiger charge is -2.37. The van der Waals surface area contributed by atoms with E-state index in [1.54, 1.807) is 19.2 Å². The molecule has 0 aliphatic carbocycles. The Balaban J connectivity index is 1.35. The minimum absolute atomic E-state index is 0.0260. The van der Waals surface area contributed by atoms with Gasteiger partial charge in [-0.05, 0) is 72.1 Å². The zero-order valence-electron chi connectivity index (χ0n) is 26.5. The number of fused-ring (bicyclic) bond motifs is 2. The van der Waals surface area contributed by atoms with E-state index in [9.17, 15) is 14.7 Å². The predicted octanol–water partition coefficient (Wildman–Crippen LogP) is 6.86. The first-order valence-electron chi connectivity index (χ1n) is 15.6. The highest BCUT2D eigenvalue weighted by molar-refractivity contribution is 9.10. The van der Waals surface area contributed by atoms with Gasteiger partial charge < -0.3 is 24.8 Å². The number of carbonyl (C=O) groups excluding carboxylic acids is 2. The molecule has 6 rings (SSSR count). The number of hydrogen-bond donors (Lipinski definition) is 2. The number of aliphatic hydroxyl groups is 1. The van der Waals surface area contributed by atoms with Crippen LogP contribution in [0.1, 0.15) is 34.8 Å². The van der Waals surface area contributed by atoms with Gasteiger partial charge in [-0.3, -0.25) is 9.59 Å². The van der Waals surface area contributed by atoms with Gasteiger partial charge in [0.15, 0.2) is 5.60 Å². The lowest BCUT2D eigenvalue weighted by atomic mass is 9.82. The maximum atomic E-state index is 14.9. The van der Waals surface area contributed by atoms with Gasteiger partial charge in [-0.25, -0.2) is 0 Å². The molecular weight excluding hydrogens is 660 g/mol. The summed E-state index contributed by atoms with van der Waals surface area (Å²) in [6, 6.07) is 30.9. The monoisotopic (exact) mass is 698 g/mol. The van der Waals surface area contributed by atoms with Crippen molar-refractivity contribution in [1.29, 1.82) is 0 Å². The van der Waals surface area contributed by atoms with Crippen LogP contribution >= 0.6 is 15.9 Å². The van der Waals surface area contributed by atoms with Crippen molar-refractivity contribution in [3.8, 4) is 5.75 Å². The molecule has 2 aliphatic heterocycles. The summed E-state index contributed by atoms with van der Waals surface area (Å²) in [4.78, 5) is 29.5. The summed E-state index contributed by atoms with van der Waals surface area (Å²) in [7, 11) is -0.603. The molecule has 2 aliphatic rings. The fourth-order valence-corrected chi connectivity index (χ4v) is 12.0. The molecule has 0 saturated carbocycles. The Kier molecular flexibility index (Phi) is 8.95. The van der Waals surface area contributed by atoms with E-state index < -0.39 is 13.7 Å². The fraction of sp³-hybridized carbons (Fsp3) is 0.297. The van der Waals surface area contributed by atoms with Crippen LogP contribution in [0.4, 0.5) is 11.4 Å². The highest BCUT2D eigenvalue weighted by Gasteiger charge is 2.66. The first-order valence-corrected chi connectivity index (χ1v) is 19.5. The second-order valence-corrected chi connectivity index (χ2v) is 18.3. The van der Waals surface area contributed by atoms with Crippen LogP contribution < -0.4 is 20.1 Å². The molecule has 1 saturated heterocycles. The summed E-state index contributed by atoms with van der Waals surface area (Å²) in [6.07, 6.45) is 0.152. The van der Waals surface area contributed by atoms with Gasteiger partial charge in [-0.15, -0.1) is 0 Å². The van der Waals surface area contributed by atoms with Crippen molar-refractivity contribution in [2.45, 2.75) is 50.2 Å². The van der Waals surface area contributed by atoms with Crippen LogP contribution in [0.25, 0.3) is 0 Å². The molecule has 2 amide bonds. The molecule has 9 heteroatoms. The fourth-order valence-electron chi connectivity index (χ4n) is 7.56. The van der Waals surface area contributed by atoms with Gasteiger partial charge in [0.1, 0.15) is 5.75 Å². The highest BCUT2D eigenvalue weighted by Crippen LogP contribution is 2.60. The van der Waals surface area contributed by atoms with Crippen LogP contribution in [-0.4, -0.2) is 44.8 Å². The average molecular weight is 700 g/mol. The number of aliphatic hydroxyl groups excluding tert-OH is 1. The first-order chi connectivity index (χ1) is 22.1. The van der Waals surface area contributed by atoms with Crippen molar-refractivity contribution in [3.63, 3.8) is 0 Å². The molecular formula is C37H39BrN2O5Si. The van der Waals surface area contributed by atoms with Crippen molar-refractivity contribution in [3.05, 3.63) is 118 Å². The zero-order chi connectivity index (χ0) is 32.6. The number of rotatable bonds is 9. The predicted molar refractivity (Wildman–Crippen MR) is 187 cm³/mol. The minimum Gasteiger partial charge on any atom is -0.497 e. The van der Waals surface area contributed by atoms with Crippen LogP contribution in [0.3, 0.4) is 0 Å². The summed E-state index contributed by atoms with van der Waals surface area (Å²) in [5, 5.41) is 14.4. The Bertz CT molecular complexity index is 1750. The largest absolute Gasteiger partial charge is 0.497 e. The van der Waals surface area contributed by atoms with E-state index in [1.165, 1.54) is 5.19 Å². The third-order valence-corrected chi connectivity index (χ3v) is 14.6. The summed E-state index contributed by atoms with van der Waals surface area (Å²) < 4.78 is 13.3. The minimum atomic E-state index is -2.27. The second kappa shape index (κ2) is 12.8. The average Bonchev–Trinajstić information content (AvgIpc) is 3.48. The van der Waals surface area contributed by atoms with Gasteiger partial charge in [-0.1, -0.05) is 83.6 Å². The van der Waals surface area contributed by atoms with E-state index in [1.807, 2.05) is 77.7 Å². The molecule has 1 spiro atoms. The number of benzene rings is 4. The lowest BCUT2D eigenvalue weighted by molar-refractivity contribution is -0.146. The normalized spacial score (nSPS) is 22.3. The molecule has 4 atom stereocenters. The van der Waals surface area contributed by atoms with Crippen molar-refractivity contribution in [2.24, 2.45) is 5.92 Å². The smallest absolute Gasteiger partial charge is 0.264 e. The van der Waals surface area contributed by atoms with Crippen LogP contribution in [0.2, 0.25) is 18.6 Å². The van der Waals surface area contributed by atoms with Crippen molar-refractivity contribution in [2.75, 3.05) is 23.9 Å². The maximum Gasteiger partial charge on any atom is 0.264 e. The molecule has 238 valence electrons. The quantitative estimate of drug-likeness (QED) is 0.187. The van der Waals surface area contributed by atoms with Gasteiger partial charge in [0.25, 0.3) is 11.8 Å². The Morgan fingerprint density at radius 2 is 1.76 bits per heavy atom. The topological polar surface area (TPSA) is 88.1 Å². The molecule has 0 aromatic heterocycles. The number of amides is 2. The van der Waals surface area contributed by atoms with Crippen LogP contribution in [0.15, 0.2) is 102 Å². The van der Waals surface area contributed by atoms with Gasteiger partial charge in [0, 0.05) is 33.8 Å². The van der Waals surface area contributed by atoms with Crippen LogP contribution in [0, 0.1) is 5.92 Å². The van der Waals surface area contributed by atoms with Gasteiger partial charge in [0.05, 0.1) is 33.5 Å². The SMILES string of the molecule is COc1ccc([Si](C)(C)[C@H]2[C@H](CCO)O[C@@]3(C(=O)N(Cc4cccc(NC(=O)c5ccccc5)c4)c4ccc(Br)cc43)[C@@H]2C)cc1. The molecule has 1 fully saturated rings. The van der Waals surface area contributed by atoms with Gasteiger partial charge in [0.2, 0.25) is 0 Å². The summed E-state index contributed by atoms with van der Waals surface area (Å²) in [6.45, 7) is 7.09. The molecule has 4 aromatic carbocycles. The number of anilines is 2. The van der Waals surface area contributed by atoms with E-state index >= 15 is 0 Å². The van der Waals surface area contributed by atoms with Crippen LogP contribution in [0.5, 0.6) is 5.75 Å². The zero-order valence-corrected chi connectivity index (χ0v) is 29.1. The number of ether oxygens (including phenoxy) is 2. The number of carbonyl (C=O) groups is 2. The van der Waals surface area contributed by atoms with E-state index in [0.29, 0.717) is 24.2 Å². The Hall–Kier alpha value is -3.76. The van der Waals surface area contributed by atoms with Crippen molar-refractivity contribution < 1.29 is 24.2 Å². The third-order valence-electron chi connectivity index (χ3n) is 9.77. The molecule has 2 heterocycles. The van der Waals surface area contributed by atoms with Gasteiger partial charge in [-0.2, -0.15) is 0 Å². The highest BCUT2D eigenvalue weighted by atomic mass is 79.9. The Morgan fingerprint density at radius 3 is 2.46 bits per heavy atom. The number of methoxy groups -OCH3 is 1. The van der Waals surface area contributed by atoms with E-state index in [2.05, 4.69) is 53.4 Å². The standard InChI is InChI=1S/C37H39BrN2O5Si/c1-24-34(46(3,4)30-16-14-29(44-2)15-17-30)33(19-20-41)45-37(24)31-22-27(38)13-18-32(31)40(36(37)43)23-25-9-8-12-28(21-25)39-35(42)26-10-6-5-7-11-26/h5-18,21-22,24,33-34,41H,19-20,23H2,1-4H3,(H,39,42)/t24-,33+,34-,37+/m1/s1. The molecule has 0 bridgehead atoms. The lowest BCUT2D eigenvalue weighted by Crippen LogP contribution is -2.51. The second-order valence-electron chi connectivity index (χ2n) is 12.7. The molecule has 7 nitrogen and oxygen atoms in total. The van der Waals surface area contributed by atoms with E-state index in [-0.39, 0.29) is 36.0 Å². The number of nitrogens with zero attached hydrogens (tertiary/aromatic N) is 1. The van der Waals surface area contributed by atoms with Crippen molar-refractivity contribution in [1.82, 2.24) is 0 Å². The molecule has 0 radical (unpaired) electrons. The first kappa shape index (κ1) is 32.2. The molecule has 0 unspecified atom stereocenters. The van der Waals surface area contributed by atoms with E-state index in [0.717, 1.165) is 27.0 Å². The third kappa shape index (κ3) is 5.59. The summed E-state index contributed by atoms with van der Waals surface area (Å²) >= 11 is 3.66. The number of halogens is 1. The Morgan fingerprint density at radius 1 is 1.02 bits per heavy atom. The summed E-state index contributed by atoms with van der Waals surface area (Å²) in [5.41, 5.74) is 2.63. The van der Waals surface area contributed by atoms with Crippen LogP contribution in [-0.2, 0) is 21.7 Å². The number of nitrogens with one attached hydrogen (secondary N) is 1. The van der Waals surface area contributed by atoms with Crippen molar-refractivity contribution >= 4 is 52.4 Å². The van der Waals surface area contributed by atoms with E-state index in [4.69, 9.17) is 9.47 Å². The molecule has 4 aromatic rings. The molecule has 2 N–H and O–H groups in total. The van der Waals surface area contributed by atoms with Gasteiger partial charge >= 0.3 is 0 Å². The molecule has 46 heavy (non-hydrogen) atoms. The summed E-state index contributed by atoms with van der Waals surface area (Å²) in [5.74, 6) is 0.352. The number of hydrogen-bond acceptors (Lipinski definition) is 5. The Labute approximate surface area is 279 Å². The maximum absolute atomic E-state index is 14.9.